The van der Waals surface area contributed by atoms with Crippen LogP contribution in [0.2, 0.25) is 10.0 Å². The van der Waals surface area contributed by atoms with Crippen LogP contribution in [0.5, 0.6) is 0 Å². The van der Waals surface area contributed by atoms with Gasteiger partial charge in [0.05, 0.1) is 11.6 Å². The lowest BCUT2D eigenvalue weighted by molar-refractivity contribution is 0.0941. The van der Waals surface area contributed by atoms with Gasteiger partial charge in [-0.15, -0.1) is 0 Å². The van der Waals surface area contributed by atoms with Gasteiger partial charge in [0.25, 0.3) is 5.91 Å². The molecule has 0 aliphatic heterocycles. The number of nitrogen functional groups attached to an aromatic ring is 1. The second-order valence-corrected chi connectivity index (χ2v) is 6.35. The molecule has 0 aromatic heterocycles. The fourth-order valence-electron chi connectivity index (χ4n) is 1.93. The highest BCUT2D eigenvalue weighted by Gasteiger charge is 2.16. The average molecular weight is 388 g/mol. The topological polar surface area (TPSA) is 55.1 Å². The average Bonchev–Trinajstić information content (AvgIpc) is 2.41. The van der Waals surface area contributed by atoms with Crippen molar-refractivity contribution in [2.75, 3.05) is 5.73 Å². The van der Waals surface area contributed by atoms with Crippen molar-refractivity contribution in [2.24, 2.45) is 0 Å². The third-order valence-corrected chi connectivity index (χ3v) is 4.09. The number of amides is 1. The minimum atomic E-state index is -0.263. The monoisotopic (exact) mass is 386 g/mol. The summed E-state index contributed by atoms with van der Waals surface area (Å²) in [6, 6.07) is 10.1. The van der Waals surface area contributed by atoms with Crippen molar-refractivity contribution < 1.29 is 4.79 Å². The minimum absolute atomic E-state index is 0.257. The molecule has 3 nitrogen and oxygen atoms in total. The third-order valence-electron chi connectivity index (χ3n) is 3.04. The molecule has 0 aliphatic carbocycles. The summed E-state index contributed by atoms with van der Waals surface area (Å²) in [5.74, 6) is -0.257. The van der Waals surface area contributed by atoms with Crippen LogP contribution in [0.3, 0.4) is 0 Å². The van der Waals surface area contributed by atoms with E-state index in [-0.39, 0.29) is 11.9 Å². The van der Waals surface area contributed by atoms with Gasteiger partial charge in [-0.2, -0.15) is 0 Å². The van der Waals surface area contributed by atoms with Crippen molar-refractivity contribution >= 4 is 50.7 Å². The van der Waals surface area contributed by atoms with Crippen LogP contribution in [0.4, 0.5) is 5.69 Å². The van der Waals surface area contributed by atoms with E-state index in [4.69, 9.17) is 28.9 Å². The highest BCUT2D eigenvalue weighted by molar-refractivity contribution is 9.10. The molecule has 0 spiro atoms. The van der Waals surface area contributed by atoms with Crippen LogP contribution in [0.25, 0.3) is 0 Å². The number of hydrogen-bond acceptors (Lipinski definition) is 2. The number of carbonyl (C=O) groups excluding carboxylic acids is 1. The summed E-state index contributed by atoms with van der Waals surface area (Å²) in [4.78, 5) is 12.3. The van der Waals surface area contributed by atoms with Gasteiger partial charge < -0.3 is 11.1 Å². The lowest BCUT2D eigenvalue weighted by Crippen LogP contribution is -2.27. The van der Waals surface area contributed by atoms with E-state index in [0.717, 1.165) is 10.0 Å². The van der Waals surface area contributed by atoms with Gasteiger partial charge in [0.2, 0.25) is 0 Å². The van der Waals surface area contributed by atoms with Gasteiger partial charge in [0, 0.05) is 20.2 Å². The van der Waals surface area contributed by atoms with Crippen molar-refractivity contribution in [3.8, 4) is 0 Å². The predicted molar refractivity (Wildman–Crippen MR) is 90.9 cm³/mol. The molecule has 2 rings (SSSR count). The molecule has 3 N–H and O–H groups in total. The first-order valence-corrected chi connectivity index (χ1v) is 7.74. The van der Waals surface area contributed by atoms with E-state index < -0.39 is 0 Å². The highest BCUT2D eigenvalue weighted by Crippen LogP contribution is 2.27. The molecule has 0 fully saturated rings. The first-order valence-electron chi connectivity index (χ1n) is 6.19. The molecule has 0 aliphatic rings. The van der Waals surface area contributed by atoms with Crippen LogP contribution in [-0.2, 0) is 0 Å². The molecule has 110 valence electrons. The van der Waals surface area contributed by atoms with Gasteiger partial charge in [0.1, 0.15) is 0 Å². The molecular formula is C15H13BrCl2N2O. The zero-order chi connectivity index (χ0) is 15.6. The summed E-state index contributed by atoms with van der Waals surface area (Å²) in [7, 11) is 0. The van der Waals surface area contributed by atoms with E-state index in [9.17, 15) is 4.79 Å². The van der Waals surface area contributed by atoms with Crippen LogP contribution in [-0.4, -0.2) is 5.91 Å². The Labute approximate surface area is 141 Å². The van der Waals surface area contributed by atoms with Crippen LogP contribution >= 0.6 is 39.1 Å². The zero-order valence-corrected chi connectivity index (χ0v) is 14.3. The van der Waals surface area contributed by atoms with Crippen LogP contribution in [0.1, 0.15) is 28.9 Å². The Morgan fingerprint density at radius 3 is 2.62 bits per heavy atom. The Morgan fingerprint density at radius 2 is 1.95 bits per heavy atom. The number of halogens is 3. The summed E-state index contributed by atoms with van der Waals surface area (Å²) < 4.78 is 0.791. The van der Waals surface area contributed by atoms with Gasteiger partial charge in [0.15, 0.2) is 0 Å². The molecule has 6 heteroatoms. The van der Waals surface area contributed by atoms with Crippen molar-refractivity contribution in [1.82, 2.24) is 5.32 Å². The van der Waals surface area contributed by atoms with Crippen LogP contribution in [0.15, 0.2) is 40.9 Å². The van der Waals surface area contributed by atoms with E-state index >= 15 is 0 Å². The fourth-order valence-corrected chi connectivity index (χ4v) is 2.86. The number of benzene rings is 2. The second kappa shape index (κ2) is 6.69. The maximum Gasteiger partial charge on any atom is 0.253 e. The summed E-state index contributed by atoms with van der Waals surface area (Å²) in [6.07, 6.45) is 0. The lowest BCUT2D eigenvalue weighted by atomic mass is 10.1. The van der Waals surface area contributed by atoms with Crippen LogP contribution in [0, 0.1) is 0 Å². The Bertz CT molecular complexity index is 691. The maximum absolute atomic E-state index is 12.3. The molecule has 1 unspecified atom stereocenters. The quantitative estimate of drug-likeness (QED) is 0.741. The molecule has 0 saturated carbocycles. The van der Waals surface area contributed by atoms with E-state index in [1.165, 1.54) is 0 Å². The highest BCUT2D eigenvalue weighted by atomic mass is 79.9. The van der Waals surface area contributed by atoms with Gasteiger partial charge >= 0.3 is 0 Å². The molecule has 0 bridgehead atoms. The smallest absolute Gasteiger partial charge is 0.253 e. The van der Waals surface area contributed by atoms with Gasteiger partial charge in [-0.25, -0.2) is 0 Å². The predicted octanol–water partition coefficient (Wildman–Crippen LogP) is 4.83. The summed E-state index contributed by atoms with van der Waals surface area (Å²) in [5, 5.41) is 3.94. The standard InChI is InChI=1S/C15H13BrCl2N2O/c1-8(11-4-3-10(17)7-13(11)18)20-15(21)12-6-9(16)2-5-14(12)19/h2-8H,19H2,1H3,(H,20,21). The fraction of sp³-hybridized carbons (Fsp3) is 0.133. The molecule has 1 amide bonds. The molecule has 2 aromatic carbocycles. The van der Waals surface area contributed by atoms with Crippen molar-refractivity contribution in [2.45, 2.75) is 13.0 Å². The minimum Gasteiger partial charge on any atom is -0.398 e. The maximum atomic E-state index is 12.3. The number of carbonyl (C=O) groups is 1. The van der Waals surface area contributed by atoms with Crippen molar-refractivity contribution in [1.29, 1.82) is 0 Å². The molecule has 0 saturated heterocycles. The third kappa shape index (κ3) is 3.90. The number of nitrogens with two attached hydrogens (primary N) is 1. The van der Waals surface area contributed by atoms with Gasteiger partial charge in [-0.1, -0.05) is 45.2 Å². The van der Waals surface area contributed by atoms with E-state index in [2.05, 4.69) is 21.2 Å². The number of nitrogens with one attached hydrogen (secondary N) is 1. The largest absolute Gasteiger partial charge is 0.398 e. The van der Waals surface area contributed by atoms with Crippen molar-refractivity contribution in [3.05, 3.63) is 62.0 Å². The Morgan fingerprint density at radius 1 is 1.24 bits per heavy atom. The molecule has 0 heterocycles. The molecule has 2 aromatic rings. The number of anilines is 1. The van der Waals surface area contributed by atoms with E-state index in [0.29, 0.717) is 21.3 Å². The summed E-state index contributed by atoms with van der Waals surface area (Å²) >= 11 is 15.3. The molecular weight excluding hydrogens is 375 g/mol. The zero-order valence-electron chi connectivity index (χ0n) is 11.2. The number of hydrogen-bond donors (Lipinski definition) is 2. The second-order valence-electron chi connectivity index (χ2n) is 4.59. The van der Waals surface area contributed by atoms with Gasteiger partial charge in [-0.3, -0.25) is 4.79 Å². The summed E-state index contributed by atoms with van der Waals surface area (Å²) in [6.45, 7) is 1.85. The molecule has 21 heavy (non-hydrogen) atoms. The first kappa shape index (κ1) is 16.1. The van der Waals surface area contributed by atoms with Gasteiger partial charge in [-0.05, 0) is 42.8 Å². The Balaban J connectivity index is 2.20. The lowest BCUT2D eigenvalue weighted by Gasteiger charge is -2.17. The van der Waals surface area contributed by atoms with E-state index in [1.807, 2.05) is 6.92 Å². The molecule has 0 radical (unpaired) electrons. The van der Waals surface area contributed by atoms with Crippen molar-refractivity contribution in [3.63, 3.8) is 0 Å². The molecule has 1 atom stereocenters. The summed E-state index contributed by atoms with van der Waals surface area (Å²) in [5.41, 5.74) is 7.46. The Kier molecular flexibility index (Phi) is 5.14. The van der Waals surface area contributed by atoms with E-state index in [1.54, 1.807) is 36.4 Å². The normalized spacial score (nSPS) is 12.0. The Hall–Kier alpha value is -1.23. The van der Waals surface area contributed by atoms with Crippen LogP contribution < -0.4 is 11.1 Å². The SMILES string of the molecule is CC(NC(=O)c1cc(Br)ccc1N)c1ccc(Cl)cc1Cl. The number of rotatable bonds is 3. The first-order chi connectivity index (χ1) is 9.88.